The zero-order valence-corrected chi connectivity index (χ0v) is 15.6. The Hall–Kier alpha value is -4.06. The molecule has 0 unspecified atom stereocenters. The van der Waals surface area contributed by atoms with Gasteiger partial charge in [-0.25, -0.2) is 15.0 Å². The lowest BCUT2D eigenvalue weighted by Crippen LogP contribution is -2.03. The number of benzene rings is 2. The number of nitrogens with zero attached hydrogens (tertiary/aromatic N) is 5. The molecule has 0 fully saturated rings. The normalized spacial score (nSPS) is 10.9. The topological polar surface area (TPSA) is 68.0 Å². The van der Waals surface area contributed by atoms with Crippen molar-refractivity contribution >= 4 is 11.5 Å². The lowest BCUT2D eigenvalue weighted by molar-refractivity contribution is 1.07. The summed E-state index contributed by atoms with van der Waals surface area (Å²) in [5.41, 5.74) is 5.99. The Kier molecular flexibility index (Phi) is 4.42. The molecule has 6 heteroatoms. The maximum atomic E-state index is 4.81. The van der Waals surface area contributed by atoms with Gasteiger partial charge in [0.25, 0.3) is 0 Å². The van der Waals surface area contributed by atoms with Crippen molar-refractivity contribution in [3.8, 4) is 22.4 Å². The molecule has 0 radical (unpaired) electrons. The third kappa shape index (κ3) is 3.43. The highest BCUT2D eigenvalue weighted by Crippen LogP contribution is 2.30. The molecular formula is C23H18N6. The second-order valence-electron chi connectivity index (χ2n) is 6.66. The first-order valence-electron chi connectivity index (χ1n) is 9.34. The Labute approximate surface area is 168 Å². The summed E-state index contributed by atoms with van der Waals surface area (Å²) < 4.78 is 2.03. The van der Waals surface area contributed by atoms with Crippen molar-refractivity contribution in [1.82, 2.24) is 24.3 Å². The van der Waals surface area contributed by atoms with Crippen LogP contribution < -0.4 is 5.32 Å². The second kappa shape index (κ2) is 7.52. The van der Waals surface area contributed by atoms with E-state index in [9.17, 15) is 0 Å². The Morgan fingerprint density at radius 3 is 2.31 bits per heavy atom. The van der Waals surface area contributed by atoms with Gasteiger partial charge in [-0.2, -0.15) is 0 Å². The molecule has 29 heavy (non-hydrogen) atoms. The van der Waals surface area contributed by atoms with E-state index in [4.69, 9.17) is 4.98 Å². The quantitative estimate of drug-likeness (QED) is 0.489. The third-order valence-corrected chi connectivity index (χ3v) is 4.79. The van der Waals surface area contributed by atoms with Crippen LogP contribution in [0.2, 0.25) is 0 Å². The van der Waals surface area contributed by atoms with Crippen LogP contribution in [0.15, 0.2) is 91.9 Å². The summed E-state index contributed by atoms with van der Waals surface area (Å²) in [6, 6.07) is 18.6. The summed E-state index contributed by atoms with van der Waals surface area (Å²) in [7, 11) is 0. The van der Waals surface area contributed by atoms with Gasteiger partial charge in [0.15, 0.2) is 5.65 Å². The van der Waals surface area contributed by atoms with Gasteiger partial charge in [-0.3, -0.25) is 9.38 Å². The van der Waals surface area contributed by atoms with Gasteiger partial charge >= 0.3 is 0 Å². The monoisotopic (exact) mass is 378 g/mol. The molecule has 6 nitrogen and oxygen atoms in total. The van der Waals surface area contributed by atoms with E-state index in [2.05, 4.69) is 56.7 Å². The van der Waals surface area contributed by atoms with Gasteiger partial charge in [0, 0.05) is 42.5 Å². The number of rotatable bonds is 5. The zero-order chi connectivity index (χ0) is 19.5. The van der Waals surface area contributed by atoms with Crippen molar-refractivity contribution in [1.29, 1.82) is 0 Å². The van der Waals surface area contributed by atoms with E-state index in [1.807, 2.05) is 41.2 Å². The molecule has 2 aromatic carbocycles. The van der Waals surface area contributed by atoms with Gasteiger partial charge in [0.1, 0.15) is 17.8 Å². The fourth-order valence-electron chi connectivity index (χ4n) is 3.33. The Balaban J connectivity index is 1.52. The van der Waals surface area contributed by atoms with E-state index in [0.717, 1.165) is 33.8 Å². The molecule has 0 aliphatic rings. The number of fused-ring (bicyclic) bond motifs is 1. The van der Waals surface area contributed by atoms with Gasteiger partial charge in [-0.15, -0.1) is 0 Å². The van der Waals surface area contributed by atoms with Crippen LogP contribution in [0.5, 0.6) is 0 Å². The molecule has 3 heterocycles. The highest BCUT2D eigenvalue weighted by molar-refractivity contribution is 5.78. The summed E-state index contributed by atoms with van der Waals surface area (Å²) in [5.74, 6) is 0.946. The number of nitrogens with one attached hydrogen (secondary N) is 1. The van der Waals surface area contributed by atoms with Crippen LogP contribution >= 0.6 is 0 Å². The number of anilines is 1. The van der Waals surface area contributed by atoms with E-state index < -0.39 is 0 Å². The number of hydrogen-bond acceptors (Lipinski definition) is 5. The van der Waals surface area contributed by atoms with E-state index in [1.165, 1.54) is 11.9 Å². The van der Waals surface area contributed by atoms with E-state index in [0.29, 0.717) is 6.54 Å². The molecule has 1 N–H and O–H groups in total. The van der Waals surface area contributed by atoms with E-state index in [-0.39, 0.29) is 0 Å². The molecule has 140 valence electrons. The molecule has 0 aliphatic heterocycles. The summed E-state index contributed by atoms with van der Waals surface area (Å²) in [6.45, 7) is 0.712. The predicted octanol–water partition coefficient (Wildman–Crippen LogP) is 4.47. The van der Waals surface area contributed by atoms with E-state index in [1.54, 1.807) is 12.4 Å². The Morgan fingerprint density at radius 2 is 1.52 bits per heavy atom. The van der Waals surface area contributed by atoms with Crippen LogP contribution in [-0.4, -0.2) is 24.3 Å². The van der Waals surface area contributed by atoms with Crippen LogP contribution in [0.1, 0.15) is 5.56 Å². The minimum atomic E-state index is 0.712. The Morgan fingerprint density at radius 1 is 0.759 bits per heavy atom. The first-order valence-corrected chi connectivity index (χ1v) is 9.34. The number of aromatic nitrogens is 5. The fourth-order valence-corrected chi connectivity index (χ4v) is 3.33. The van der Waals surface area contributed by atoms with Crippen LogP contribution in [0.4, 0.5) is 5.82 Å². The summed E-state index contributed by atoms with van der Waals surface area (Å²) in [4.78, 5) is 17.2. The van der Waals surface area contributed by atoms with Crippen LogP contribution in [0, 0.1) is 0 Å². The average molecular weight is 378 g/mol. The molecule has 5 rings (SSSR count). The van der Waals surface area contributed by atoms with Crippen molar-refractivity contribution < 1.29 is 0 Å². The summed E-state index contributed by atoms with van der Waals surface area (Å²) in [5, 5.41) is 3.55. The predicted molar refractivity (Wildman–Crippen MR) is 113 cm³/mol. The molecule has 0 atom stereocenters. The smallest absolute Gasteiger partial charge is 0.157 e. The highest BCUT2D eigenvalue weighted by Gasteiger charge is 2.14. The fraction of sp³-hybridized carbons (Fsp3) is 0.0435. The molecule has 0 amide bonds. The summed E-state index contributed by atoms with van der Waals surface area (Å²) in [6.07, 6.45) is 10.6. The molecule has 5 aromatic rings. The molecule has 0 saturated heterocycles. The lowest BCUT2D eigenvalue weighted by Gasteiger charge is -2.09. The van der Waals surface area contributed by atoms with Crippen molar-refractivity contribution in [3.63, 3.8) is 0 Å². The standard InChI is InChI=1S/C23H18N6/c1-2-4-17(5-3-1)12-27-23-22(28-21-15-24-10-11-29(21)23)19-8-6-18(7-9-19)20-13-25-16-26-14-20/h1-11,13-16,27H,12H2. The summed E-state index contributed by atoms with van der Waals surface area (Å²) >= 11 is 0. The highest BCUT2D eigenvalue weighted by atomic mass is 15.1. The van der Waals surface area contributed by atoms with Gasteiger partial charge in [-0.05, 0) is 11.1 Å². The van der Waals surface area contributed by atoms with Crippen molar-refractivity contribution in [3.05, 3.63) is 97.5 Å². The van der Waals surface area contributed by atoms with Crippen LogP contribution in [-0.2, 0) is 6.54 Å². The molecular weight excluding hydrogens is 360 g/mol. The van der Waals surface area contributed by atoms with Crippen molar-refractivity contribution in [2.24, 2.45) is 0 Å². The lowest BCUT2D eigenvalue weighted by atomic mass is 10.1. The van der Waals surface area contributed by atoms with Gasteiger partial charge in [0.05, 0.1) is 6.20 Å². The minimum absolute atomic E-state index is 0.712. The van der Waals surface area contributed by atoms with Crippen LogP contribution in [0.3, 0.4) is 0 Å². The Bertz CT molecular complexity index is 1230. The first-order chi connectivity index (χ1) is 14.4. The number of imidazole rings is 1. The van der Waals surface area contributed by atoms with Gasteiger partial charge in [0.2, 0.25) is 0 Å². The van der Waals surface area contributed by atoms with Crippen LogP contribution in [0.25, 0.3) is 28.0 Å². The van der Waals surface area contributed by atoms with Gasteiger partial charge in [-0.1, -0.05) is 54.6 Å². The van der Waals surface area contributed by atoms with E-state index >= 15 is 0 Å². The zero-order valence-electron chi connectivity index (χ0n) is 15.6. The first kappa shape index (κ1) is 17.1. The molecule has 3 aromatic heterocycles. The molecule has 0 bridgehead atoms. The largest absolute Gasteiger partial charge is 0.365 e. The maximum absolute atomic E-state index is 4.81. The SMILES string of the molecule is c1ccc(CNc2c(-c3ccc(-c4cncnc4)cc3)nc3cnccn23)cc1. The maximum Gasteiger partial charge on any atom is 0.157 e. The average Bonchev–Trinajstić information content (AvgIpc) is 3.18. The van der Waals surface area contributed by atoms with Crippen molar-refractivity contribution in [2.45, 2.75) is 6.54 Å². The number of hydrogen-bond donors (Lipinski definition) is 1. The molecule has 0 saturated carbocycles. The second-order valence-corrected chi connectivity index (χ2v) is 6.66. The minimum Gasteiger partial charge on any atom is -0.365 e. The van der Waals surface area contributed by atoms with Gasteiger partial charge < -0.3 is 5.32 Å². The molecule has 0 aliphatic carbocycles. The third-order valence-electron chi connectivity index (χ3n) is 4.79. The van der Waals surface area contributed by atoms with Crippen molar-refractivity contribution in [2.75, 3.05) is 5.32 Å². The molecule has 0 spiro atoms.